The number of carbonyl (C=O) groups is 1. The van der Waals surface area contributed by atoms with E-state index in [-0.39, 0.29) is 5.91 Å². The largest absolute Gasteiger partial charge is 0.305 e. The highest BCUT2D eigenvalue weighted by atomic mass is 32.2. The molecule has 5 heteroatoms. The number of hydrogen-bond acceptors (Lipinski definition) is 3. The van der Waals surface area contributed by atoms with E-state index in [9.17, 15) is 4.79 Å². The van der Waals surface area contributed by atoms with Crippen molar-refractivity contribution < 1.29 is 4.79 Å². The third-order valence-corrected chi connectivity index (χ3v) is 3.49. The molecule has 4 nitrogen and oxygen atoms in total. The SMILES string of the molecule is CCCc1cc(NC(=O)c2ccc(SC)cc2)n[nH]1. The van der Waals surface area contributed by atoms with Gasteiger partial charge in [0.15, 0.2) is 5.82 Å². The molecule has 0 bridgehead atoms. The fourth-order valence-electron chi connectivity index (χ4n) is 1.75. The summed E-state index contributed by atoms with van der Waals surface area (Å²) in [6.45, 7) is 2.10. The molecule has 2 aromatic rings. The number of aromatic nitrogens is 2. The second kappa shape index (κ2) is 6.43. The number of nitrogens with one attached hydrogen (secondary N) is 2. The number of aryl methyl sites for hydroxylation is 1. The van der Waals surface area contributed by atoms with Crippen molar-refractivity contribution in [2.24, 2.45) is 0 Å². The molecule has 0 aliphatic carbocycles. The van der Waals surface area contributed by atoms with E-state index in [4.69, 9.17) is 0 Å². The number of rotatable bonds is 5. The summed E-state index contributed by atoms with van der Waals surface area (Å²) in [6.07, 6.45) is 3.99. The molecule has 0 saturated carbocycles. The number of nitrogens with zero attached hydrogens (tertiary/aromatic N) is 1. The second-order valence-electron chi connectivity index (χ2n) is 4.21. The number of hydrogen-bond donors (Lipinski definition) is 2. The van der Waals surface area contributed by atoms with E-state index in [0.29, 0.717) is 11.4 Å². The zero-order valence-electron chi connectivity index (χ0n) is 11.1. The highest BCUT2D eigenvalue weighted by Gasteiger charge is 2.08. The van der Waals surface area contributed by atoms with Crippen LogP contribution in [0.5, 0.6) is 0 Å². The maximum absolute atomic E-state index is 12.0. The van der Waals surface area contributed by atoms with Crippen molar-refractivity contribution >= 4 is 23.5 Å². The lowest BCUT2D eigenvalue weighted by molar-refractivity contribution is 0.102. The highest BCUT2D eigenvalue weighted by Crippen LogP contribution is 2.16. The molecule has 0 atom stereocenters. The Hall–Kier alpha value is -1.75. The van der Waals surface area contributed by atoms with Crippen LogP contribution >= 0.6 is 11.8 Å². The monoisotopic (exact) mass is 275 g/mol. The van der Waals surface area contributed by atoms with E-state index >= 15 is 0 Å². The van der Waals surface area contributed by atoms with Gasteiger partial charge < -0.3 is 5.32 Å². The summed E-state index contributed by atoms with van der Waals surface area (Å²) in [5, 5.41) is 9.77. The molecule has 0 spiro atoms. The van der Waals surface area contributed by atoms with Crippen LogP contribution in [0.3, 0.4) is 0 Å². The van der Waals surface area contributed by atoms with E-state index in [0.717, 1.165) is 23.4 Å². The maximum atomic E-state index is 12.0. The molecule has 1 heterocycles. The number of H-pyrrole nitrogens is 1. The summed E-state index contributed by atoms with van der Waals surface area (Å²) >= 11 is 1.65. The van der Waals surface area contributed by atoms with Crippen molar-refractivity contribution in [3.8, 4) is 0 Å². The van der Waals surface area contributed by atoms with Crippen LogP contribution in [0, 0.1) is 0 Å². The van der Waals surface area contributed by atoms with Crippen molar-refractivity contribution in [3.05, 3.63) is 41.6 Å². The van der Waals surface area contributed by atoms with Crippen LogP contribution in [0.15, 0.2) is 35.2 Å². The van der Waals surface area contributed by atoms with Crippen molar-refractivity contribution in [3.63, 3.8) is 0 Å². The van der Waals surface area contributed by atoms with Gasteiger partial charge in [-0.3, -0.25) is 9.89 Å². The summed E-state index contributed by atoms with van der Waals surface area (Å²) in [5.74, 6) is 0.435. The Morgan fingerprint density at radius 1 is 1.37 bits per heavy atom. The average molecular weight is 275 g/mol. The van der Waals surface area contributed by atoms with Crippen LogP contribution in [0.4, 0.5) is 5.82 Å². The summed E-state index contributed by atoms with van der Waals surface area (Å²) in [7, 11) is 0. The fraction of sp³-hybridized carbons (Fsp3) is 0.286. The average Bonchev–Trinajstić information content (AvgIpc) is 2.86. The summed E-state index contributed by atoms with van der Waals surface area (Å²) in [5.41, 5.74) is 1.67. The van der Waals surface area contributed by atoms with Gasteiger partial charge in [-0.05, 0) is 36.9 Å². The van der Waals surface area contributed by atoms with E-state index in [1.165, 1.54) is 0 Å². The molecule has 0 radical (unpaired) electrons. The first-order valence-corrected chi connectivity index (χ1v) is 7.45. The first-order chi connectivity index (χ1) is 9.22. The first kappa shape index (κ1) is 13.7. The lowest BCUT2D eigenvalue weighted by Gasteiger charge is -2.02. The minimum Gasteiger partial charge on any atom is -0.305 e. The maximum Gasteiger partial charge on any atom is 0.256 e. The zero-order chi connectivity index (χ0) is 13.7. The molecule has 0 aliphatic rings. The second-order valence-corrected chi connectivity index (χ2v) is 5.09. The van der Waals surface area contributed by atoms with Gasteiger partial charge in [-0.2, -0.15) is 5.10 Å². The van der Waals surface area contributed by atoms with Crippen molar-refractivity contribution in [2.75, 3.05) is 11.6 Å². The van der Waals surface area contributed by atoms with Crippen LogP contribution < -0.4 is 5.32 Å². The predicted octanol–water partition coefficient (Wildman–Crippen LogP) is 3.34. The number of thioether (sulfide) groups is 1. The molecule has 19 heavy (non-hydrogen) atoms. The quantitative estimate of drug-likeness (QED) is 0.823. The van der Waals surface area contributed by atoms with Crippen LogP contribution in [-0.4, -0.2) is 22.4 Å². The number of amides is 1. The van der Waals surface area contributed by atoms with Gasteiger partial charge in [0, 0.05) is 22.2 Å². The minimum absolute atomic E-state index is 0.137. The summed E-state index contributed by atoms with van der Waals surface area (Å²) in [4.78, 5) is 13.1. The molecule has 0 saturated heterocycles. The number of benzene rings is 1. The molecule has 1 amide bonds. The van der Waals surface area contributed by atoms with Gasteiger partial charge in [0.05, 0.1) is 0 Å². The minimum atomic E-state index is -0.137. The summed E-state index contributed by atoms with van der Waals surface area (Å²) in [6, 6.07) is 9.39. The Morgan fingerprint density at radius 3 is 2.74 bits per heavy atom. The van der Waals surface area contributed by atoms with Gasteiger partial charge >= 0.3 is 0 Å². The molecular weight excluding hydrogens is 258 g/mol. The smallest absolute Gasteiger partial charge is 0.256 e. The van der Waals surface area contributed by atoms with Crippen molar-refractivity contribution in [1.82, 2.24) is 10.2 Å². The van der Waals surface area contributed by atoms with Crippen LogP contribution in [0.25, 0.3) is 0 Å². The fourth-order valence-corrected chi connectivity index (χ4v) is 2.16. The summed E-state index contributed by atoms with van der Waals surface area (Å²) < 4.78 is 0. The lowest BCUT2D eigenvalue weighted by Crippen LogP contribution is -2.11. The van der Waals surface area contributed by atoms with E-state index in [1.807, 2.05) is 36.6 Å². The lowest BCUT2D eigenvalue weighted by atomic mass is 10.2. The molecule has 100 valence electrons. The van der Waals surface area contributed by atoms with Crippen LogP contribution in [0.2, 0.25) is 0 Å². The Morgan fingerprint density at radius 2 is 2.11 bits per heavy atom. The van der Waals surface area contributed by atoms with Gasteiger partial charge in [0.1, 0.15) is 0 Å². The van der Waals surface area contributed by atoms with Gasteiger partial charge in [-0.15, -0.1) is 11.8 Å². The van der Waals surface area contributed by atoms with Gasteiger partial charge in [-0.25, -0.2) is 0 Å². The zero-order valence-corrected chi connectivity index (χ0v) is 11.9. The number of aromatic amines is 1. The van der Waals surface area contributed by atoms with E-state index in [2.05, 4.69) is 22.4 Å². The molecule has 1 aromatic carbocycles. The standard InChI is InChI=1S/C14H17N3OS/c1-3-4-11-9-13(17-16-11)15-14(18)10-5-7-12(19-2)8-6-10/h5-9H,3-4H2,1-2H3,(H2,15,16,17,18). The normalized spacial score (nSPS) is 10.4. The van der Waals surface area contributed by atoms with E-state index in [1.54, 1.807) is 11.8 Å². The third kappa shape index (κ3) is 3.61. The number of anilines is 1. The predicted molar refractivity (Wildman–Crippen MR) is 78.8 cm³/mol. The number of carbonyl (C=O) groups excluding carboxylic acids is 1. The Balaban J connectivity index is 2.02. The third-order valence-electron chi connectivity index (χ3n) is 2.74. The van der Waals surface area contributed by atoms with E-state index < -0.39 is 0 Å². The van der Waals surface area contributed by atoms with Gasteiger partial charge in [-0.1, -0.05) is 13.3 Å². The van der Waals surface area contributed by atoms with Crippen LogP contribution in [-0.2, 0) is 6.42 Å². The topological polar surface area (TPSA) is 57.8 Å². The van der Waals surface area contributed by atoms with Gasteiger partial charge in [0.25, 0.3) is 5.91 Å². The molecule has 2 N–H and O–H groups in total. The molecule has 1 aromatic heterocycles. The first-order valence-electron chi connectivity index (χ1n) is 6.22. The van der Waals surface area contributed by atoms with Crippen LogP contribution in [0.1, 0.15) is 29.4 Å². The molecule has 0 fully saturated rings. The molecule has 2 rings (SSSR count). The van der Waals surface area contributed by atoms with Crippen molar-refractivity contribution in [1.29, 1.82) is 0 Å². The molecular formula is C14H17N3OS. The van der Waals surface area contributed by atoms with Crippen molar-refractivity contribution in [2.45, 2.75) is 24.7 Å². The molecule has 0 aliphatic heterocycles. The molecule has 0 unspecified atom stereocenters. The Kier molecular flexibility index (Phi) is 4.63. The Bertz CT molecular complexity index is 548. The Labute approximate surface area is 117 Å². The highest BCUT2D eigenvalue weighted by molar-refractivity contribution is 7.98. The van der Waals surface area contributed by atoms with Gasteiger partial charge in [0.2, 0.25) is 0 Å².